The van der Waals surface area contributed by atoms with E-state index in [4.69, 9.17) is 0 Å². The summed E-state index contributed by atoms with van der Waals surface area (Å²) in [7, 11) is 1.86. The molecule has 0 saturated heterocycles. The number of nitrogens with one attached hydrogen (secondary N) is 1. The van der Waals surface area contributed by atoms with Crippen LogP contribution in [0.3, 0.4) is 0 Å². The summed E-state index contributed by atoms with van der Waals surface area (Å²) >= 11 is 0. The van der Waals surface area contributed by atoms with Gasteiger partial charge in [0.1, 0.15) is 5.78 Å². The van der Waals surface area contributed by atoms with E-state index in [9.17, 15) is 4.79 Å². The monoisotopic (exact) mass is 171 g/mol. The highest BCUT2D eigenvalue weighted by Crippen LogP contribution is 2.07. The van der Waals surface area contributed by atoms with E-state index in [1.165, 1.54) is 0 Å². The minimum atomic E-state index is 0.0740. The molecular weight excluding hydrogens is 150 g/mol. The van der Waals surface area contributed by atoms with Crippen LogP contribution < -0.4 is 5.32 Å². The summed E-state index contributed by atoms with van der Waals surface area (Å²) in [6, 6.07) is 0.0740. The number of hydrogen-bond donors (Lipinski definition) is 1. The van der Waals surface area contributed by atoms with Crippen molar-refractivity contribution in [1.82, 2.24) is 5.32 Å². The maximum Gasteiger partial charge on any atom is 0.149 e. The molecule has 1 atom stereocenters. The molecule has 0 aromatic heterocycles. The van der Waals surface area contributed by atoms with Crippen molar-refractivity contribution < 1.29 is 4.79 Å². The van der Waals surface area contributed by atoms with Crippen LogP contribution in [-0.4, -0.2) is 18.9 Å². The Morgan fingerprint density at radius 1 is 1.42 bits per heavy atom. The summed E-state index contributed by atoms with van der Waals surface area (Å²) in [5.41, 5.74) is 0. The first-order valence-corrected chi connectivity index (χ1v) is 4.81. The molecule has 12 heavy (non-hydrogen) atoms. The highest BCUT2D eigenvalue weighted by atomic mass is 16.1. The van der Waals surface area contributed by atoms with Crippen LogP contribution in [-0.2, 0) is 4.79 Å². The smallest absolute Gasteiger partial charge is 0.149 e. The van der Waals surface area contributed by atoms with Gasteiger partial charge in [0.2, 0.25) is 0 Å². The van der Waals surface area contributed by atoms with Gasteiger partial charge in [-0.15, -0.1) is 0 Å². The highest BCUT2D eigenvalue weighted by Gasteiger charge is 2.15. The molecule has 0 aliphatic rings. The molecule has 0 rings (SSSR count). The fourth-order valence-electron chi connectivity index (χ4n) is 1.30. The zero-order valence-corrected chi connectivity index (χ0v) is 8.68. The molecule has 0 fully saturated rings. The largest absolute Gasteiger partial charge is 0.311 e. The number of carbonyl (C=O) groups is 1. The molecule has 0 bridgehead atoms. The molecule has 0 radical (unpaired) electrons. The minimum absolute atomic E-state index is 0.0740. The molecule has 72 valence electrons. The van der Waals surface area contributed by atoms with E-state index < -0.39 is 0 Å². The second-order valence-corrected chi connectivity index (χ2v) is 3.69. The molecule has 0 saturated carbocycles. The van der Waals surface area contributed by atoms with Crippen LogP contribution in [0.15, 0.2) is 0 Å². The van der Waals surface area contributed by atoms with Gasteiger partial charge < -0.3 is 5.32 Å². The van der Waals surface area contributed by atoms with Crippen LogP contribution >= 0.6 is 0 Å². The Kier molecular flexibility index (Phi) is 5.99. The first-order valence-electron chi connectivity index (χ1n) is 4.81. The Bertz CT molecular complexity index is 132. The zero-order chi connectivity index (χ0) is 9.56. The Morgan fingerprint density at radius 2 is 2.00 bits per heavy atom. The van der Waals surface area contributed by atoms with Crippen molar-refractivity contribution in [3.63, 3.8) is 0 Å². The van der Waals surface area contributed by atoms with Crippen molar-refractivity contribution in [1.29, 1.82) is 0 Å². The van der Waals surface area contributed by atoms with Crippen molar-refractivity contribution in [3.8, 4) is 0 Å². The van der Waals surface area contributed by atoms with E-state index >= 15 is 0 Å². The van der Waals surface area contributed by atoms with Gasteiger partial charge in [0, 0.05) is 6.42 Å². The molecule has 0 aromatic carbocycles. The fourth-order valence-corrected chi connectivity index (χ4v) is 1.30. The van der Waals surface area contributed by atoms with E-state index in [2.05, 4.69) is 19.2 Å². The maximum atomic E-state index is 11.4. The SMILES string of the molecule is CCCC(=O)[C@@H](CC(C)C)NC. The third-order valence-corrected chi connectivity index (χ3v) is 1.94. The van der Waals surface area contributed by atoms with Gasteiger partial charge >= 0.3 is 0 Å². The molecule has 0 amide bonds. The number of likely N-dealkylation sites (N-methyl/N-ethyl adjacent to an activating group) is 1. The van der Waals surface area contributed by atoms with Gasteiger partial charge in [-0.05, 0) is 25.8 Å². The standard InChI is InChI=1S/C10H21NO/c1-5-6-10(12)9(11-4)7-8(2)3/h8-9,11H,5-7H2,1-4H3/t9-/m1/s1. The van der Waals surface area contributed by atoms with E-state index in [1.807, 2.05) is 14.0 Å². The maximum absolute atomic E-state index is 11.4. The average Bonchev–Trinajstić information content (AvgIpc) is 2.00. The second-order valence-electron chi connectivity index (χ2n) is 3.69. The summed E-state index contributed by atoms with van der Waals surface area (Å²) in [5, 5.41) is 3.07. The van der Waals surface area contributed by atoms with E-state index in [-0.39, 0.29) is 6.04 Å². The Balaban J connectivity index is 3.87. The topological polar surface area (TPSA) is 29.1 Å². The number of ketones is 1. The molecule has 0 spiro atoms. The van der Waals surface area contributed by atoms with Crippen molar-refractivity contribution >= 4 is 5.78 Å². The van der Waals surface area contributed by atoms with Gasteiger partial charge in [0.25, 0.3) is 0 Å². The lowest BCUT2D eigenvalue weighted by Crippen LogP contribution is -2.35. The average molecular weight is 171 g/mol. The van der Waals surface area contributed by atoms with Gasteiger partial charge in [0.05, 0.1) is 6.04 Å². The van der Waals surface area contributed by atoms with E-state index in [0.717, 1.165) is 12.8 Å². The van der Waals surface area contributed by atoms with Crippen molar-refractivity contribution in [3.05, 3.63) is 0 Å². The van der Waals surface area contributed by atoms with E-state index in [0.29, 0.717) is 18.1 Å². The first-order chi connectivity index (χ1) is 5.61. The van der Waals surface area contributed by atoms with Crippen LogP contribution in [0.25, 0.3) is 0 Å². The molecule has 0 unspecified atom stereocenters. The van der Waals surface area contributed by atoms with Gasteiger partial charge in [-0.1, -0.05) is 20.8 Å². The molecule has 0 aromatic rings. The predicted molar refractivity (Wildman–Crippen MR) is 52.2 cm³/mol. The molecule has 2 nitrogen and oxygen atoms in total. The first kappa shape index (κ1) is 11.6. The summed E-state index contributed by atoms with van der Waals surface area (Å²) in [5.74, 6) is 0.942. The molecular formula is C10H21NO. The van der Waals surface area contributed by atoms with Crippen LogP contribution in [0.5, 0.6) is 0 Å². The molecule has 1 N–H and O–H groups in total. The predicted octanol–water partition coefficient (Wildman–Crippen LogP) is 1.99. The third kappa shape index (κ3) is 4.50. The number of rotatable bonds is 6. The highest BCUT2D eigenvalue weighted by molar-refractivity contribution is 5.83. The lowest BCUT2D eigenvalue weighted by Gasteiger charge is -2.16. The molecule has 2 heteroatoms. The normalized spacial score (nSPS) is 13.4. The van der Waals surface area contributed by atoms with Gasteiger partial charge in [0.15, 0.2) is 0 Å². The van der Waals surface area contributed by atoms with Gasteiger partial charge in [-0.2, -0.15) is 0 Å². The van der Waals surface area contributed by atoms with Crippen molar-refractivity contribution in [2.45, 2.75) is 46.1 Å². The molecule has 0 heterocycles. The Hall–Kier alpha value is -0.370. The van der Waals surface area contributed by atoms with Crippen LogP contribution in [0.4, 0.5) is 0 Å². The minimum Gasteiger partial charge on any atom is -0.311 e. The quantitative estimate of drug-likeness (QED) is 0.662. The van der Waals surface area contributed by atoms with Crippen LogP contribution in [0, 0.1) is 5.92 Å². The van der Waals surface area contributed by atoms with Crippen molar-refractivity contribution in [2.24, 2.45) is 5.92 Å². The summed E-state index contributed by atoms with van der Waals surface area (Å²) in [4.78, 5) is 11.4. The zero-order valence-electron chi connectivity index (χ0n) is 8.68. The van der Waals surface area contributed by atoms with Gasteiger partial charge in [-0.3, -0.25) is 4.79 Å². The van der Waals surface area contributed by atoms with Gasteiger partial charge in [-0.25, -0.2) is 0 Å². The lowest BCUT2D eigenvalue weighted by molar-refractivity contribution is -0.121. The Morgan fingerprint density at radius 3 is 2.33 bits per heavy atom. The van der Waals surface area contributed by atoms with Crippen LogP contribution in [0.1, 0.15) is 40.0 Å². The Labute approximate surface area is 75.7 Å². The lowest BCUT2D eigenvalue weighted by atomic mass is 9.98. The summed E-state index contributed by atoms with van der Waals surface area (Å²) in [6.45, 7) is 6.33. The molecule has 0 aliphatic carbocycles. The summed E-state index contributed by atoms with van der Waals surface area (Å²) in [6.07, 6.45) is 2.61. The number of Topliss-reactive ketones (excluding diaryl/α,β-unsaturated/α-hetero) is 1. The summed E-state index contributed by atoms with van der Waals surface area (Å²) < 4.78 is 0. The fraction of sp³-hybridized carbons (Fsp3) is 0.900. The number of carbonyl (C=O) groups excluding carboxylic acids is 1. The number of hydrogen-bond acceptors (Lipinski definition) is 2. The third-order valence-electron chi connectivity index (χ3n) is 1.94. The van der Waals surface area contributed by atoms with Crippen molar-refractivity contribution in [2.75, 3.05) is 7.05 Å². The van der Waals surface area contributed by atoms with E-state index in [1.54, 1.807) is 0 Å². The van der Waals surface area contributed by atoms with Crippen LogP contribution in [0.2, 0.25) is 0 Å². The second kappa shape index (κ2) is 6.18. The molecule has 0 aliphatic heterocycles.